The highest BCUT2D eigenvalue weighted by molar-refractivity contribution is 5.91. The van der Waals surface area contributed by atoms with Crippen LogP contribution in [-0.2, 0) is 0 Å². The average Bonchev–Trinajstić information content (AvgIpc) is 2.88. The number of aromatic nitrogens is 5. The Morgan fingerprint density at radius 2 is 1.74 bits per heavy atom. The zero-order valence-corrected chi connectivity index (χ0v) is 19.1. The molecule has 1 N–H and O–H groups in total. The molecule has 0 radical (unpaired) electrons. The van der Waals surface area contributed by atoms with Crippen molar-refractivity contribution in [1.29, 1.82) is 0 Å². The molecule has 1 aliphatic heterocycles. The van der Waals surface area contributed by atoms with Crippen LogP contribution in [0.2, 0.25) is 0 Å². The van der Waals surface area contributed by atoms with Crippen LogP contribution in [0.3, 0.4) is 0 Å². The van der Waals surface area contributed by atoms with E-state index in [0.29, 0.717) is 68.0 Å². The summed E-state index contributed by atoms with van der Waals surface area (Å²) in [5.74, 6) is 1.70. The van der Waals surface area contributed by atoms with Crippen LogP contribution in [0.1, 0.15) is 0 Å². The van der Waals surface area contributed by atoms with Gasteiger partial charge < -0.3 is 19.4 Å². The van der Waals surface area contributed by atoms with Crippen molar-refractivity contribution in [2.24, 2.45) is 0 Å². The van der Waals surface area contributed by atoms with Crippen molar-refractivity contribution in [3.63, 3.8) is 0 Å². The SMILES string of the molecule is C=CCN(CC=C)c1ncnc(N2CCN(C(=O)Nc3nc4ccccc4nc3OC)CC2)n1. The second kappa shape index (κ2) is 10.6. The number of para-hydroxylation sites is 2. The number of urea groups is 1. The summed E-state index contributed by atoms with van der Waals surface area (Å²) in [6, 6.07) is 7.16. The molecule has 0 aliphatic carbocycles. The maximum Gasteiger partial charge on any atom is 0.323 e. The van der Waals surface area contributed by atoms with E-state index < -0.39 is 0 Å². The van der Waals surface area contributed by atoms with E-state index in [9.17, 15) is 4.79 Å². The molecule has 34 heavy (non-hydrogen) atoms. The van der Waals surface area contributed by atoms with Crippen LogP contribution >= 0.6 is 0 Å². The van der Waals surface area contributed by atoms with E-state index in [4.69, 9.17) is 4.74 Å². The van der Waals surface area contributed by atoms with Gasteiger partial charge in [-0.25, -0.2) is 24.7 Å². The first kappa shape index (κ1) is 22.9. The number of nitrogens with zero attached hydrogens (tertiary/aromatic N) is 8. The van der Waals surface area contributed by atoms with Gasteiger partial charge in [0.05, 0.1) is 18.1 Å². The van der Waals surface area contributed by atoms with E-state index in [0.717, 1.165) is 0 Å². The van der Waals surface area contributed by atoms with Gasteiger partial charge in [0.15, 0.2) is 5.82 Å². The topological polar surface area (TPSA) is 113 Å². The Labute approximate surface area is 197 Å². The molecule has 2 aromatic heterocycles. The number of carbonyl (C=O) groups excluding carboxylic acids is 1. The summed E-state index contributed by atoms with van der Waals surface area (Å²) in [5.41, 5.74) is 1.37. The third kappa shape index (κ3) is 5.03. The maximum atomic E-state index is 12.9. The number of hydrogen-bond acceptors (Lipinski definition) is 9. The number of anilines is 3. The zero-order chi connectivity index (χ0) is 23.9. The summed E-state index contributed by atoms with van der Waals surface area (Å²) in [7, 11) is 1.50. The van der Waals surface area contributed by atoms with Gasteiger partial charge in [-0.1, -0.05) is 24.3 Å². The fraction of sp³-hybridized carbons (Fsp3) is 0.304. The van der Waals surface area contributed by atoms with E-state index in [-0.39, 0.29) is 11.9 Å². The molecule has 0 saturated carbocycles. The smallest absolute Gasteiger partial charge is 0.323 e. The molecule has 3 heterocycles. The normalized spacial score (nSPS) is 13.4. The Kier molecular flexibility index (Phi) is 7.11. The van der Waals surface area contributed by atoms with Crippen LogP contribution < -0.4 is 19.9 Å². The van der Waals surface area contributed by atoms with Gasteiger partial charge in [0.25, 0.3) is 5.88 Å². The van der Waals surface area contributed by atoms with Crippen molar-refractivity contribution in [1.82, 2.24) is 29.8 Å². The summed E-state index contributed by atoms with van der Waals surface area (Å²) in [4.78, 5) is 40.7. The lowest BCUT2D eigenvalue weighted by atomic mass is 10.3. The first-order chi connectivity index (χ1) is 16.6. The van der Waals surface area contributed by atoms with Crippen molar-refractivity contribution < 1.29 is 9.53 Å². The highest BCUT2D eigenvalue weighted by Crippen LogP contribution is 2.23. The van der Waals surface area contributed by atoms with Gasteiger partial charge in [-0.15, -0.1) is 13.2 Å². The molecule has 11 nitrogen and oxygen atoms in total. The summed E-state index contributed by atoms with van der Waals surface area (Å²) in [6.45, 7) is 10.9. The van der Waals surface area contributed by atoms with Gasteiger partial charge in [0.1, 0.15) is 6.33 Å². The first-order valence-corrected chi connectivity index (χ1v) is 10.9. The Morgan fingerprint density at radius 3 is 2.38 bits per heavy atom. The predicted molar refractivity (Wildman–Crippen MR) is 131 cm³/mol. The van der Waals surface area contributed by atoms with Crippen molar-refractivity contribution >= 4 is 34.8 Å². The van der Waals surface area contributed by atoms with E-state index in [1.807, 2.05) is 34.1 Å². The third-order valence-electron chi connectivity index (χ3n) is 5.34. The van der Waals surface area contributed by atoms with Crippen molar-refractivity contribution in [3.05, 3.63) is 55.9 Å². The van der Waals surface area contributed by atoms with Crippen molar-refractivity contribution in [2.45, 2.75) is 0 Å². The molecule has 4 rings (SSSR count). The lowest BCUT2D eigenvalue weighted by molar-refractivity contribution is 0.207. The lowest BCUT2D eigenvalue weighted by Crippen LogP contribution is -2.50. The summed E-state index contributed by atoms with van der Waals surface area (Å²) < 4.78 is 5.33. The van der Waals surface area contributed by atoms with Gasteiger partial charge in [0.2, 0.25) is 11.9 Å². The fourth-order valence-electron chi connectivity index (χ4n) is 3.63. The molecule has 0 atom stereocenters. The molecule has 0 spiro atoms. The van der Waals surface area contributed by atoms with Crippen LogP contribution in [0.5, 0.6) is 5.88 Å². The molecule has 0 bridgehead atoms. The number of hydrogen-bond donors (Lipinski definition) is 1. The van der Waals surface area contributed by atoms with Crippen molar-refractivity contribution in [2.75, 3.05) is 61.5 Å². The molecule has 2 amide bonds. The standard InChI is InChI=1S/C23H27N9O2/c1-4-10-30(11-5-2)21-24-16-25-22(29-21)31-12-14-32(15-13-31)23(33)28-19-20(34-3)27-18-9-7-6-8-17(18)26-19/h4-9,16H,1-2,10-15H2,3H3,(H,26,28,33). The molecular weight excluding hydrogens is 434 g/mol. The number of nitrogens with one attached hydrogen (secondary N) is 1. The molecule has 0 unspecified atom stereocenters. The Hall–Kier alpha value is -4.28. The van der Waals surface area contributed by atoms with Crippen LogP contribution in [0.25, 0.3) is 11.0 Å². The third-order valence-corrected chi connectivity index (χ3v) is 5.34. The number of rotatable bonds is 8. The molecule has 176 valence electrons. The van der Waals surface area contributed by atoms with E-state index in [1.54, 1.807) is 17.1 Å². The molecule has 11 heteroatoms. The van der Waals surface area contributed by atoms with Gasteiger partial charge in [-0.3, -0.25) is 5.32 Å². The second-order valence-electron chi connectivity index (χ2n) is 7.54. The molecular formula is C23H27N9O2. The quantitative estimate of drug-likeness (QED) is 0.505. The molecule has 3 aromatic rings. The van der Waals surface area contributed by atoms with Crippen LogP contribution in [0.4, 0.5) is 22.5 Å². The Morgan fingerprint density at radius 1 is 1.06 bits per heavy atom. The number of benzene rings is 1. The number of carbonyl (C=O) groups is 1. The zero-order valence-electron chi connectivity index (χ0n) is 19.1. The molecule has 1 aromatic carbocycles. The number of piperazine rings is 1. The largest absolute Gasteiger partial charge is 0.478 e. The minimum absolute atomic E-state index is 0.262. The minimum atomic E-state index is -0.262. The van der Waals surface area contributed by atoms with E-state index >= 15 is 0 Å². The van der Waals surface area contributed by atoms with Gasteiger partial charge in [0, 0.05) is 39.3 Å². The van der Waals surface area contributed by atoms with Crippen LogP contribution in [-0.4, -0.2) is 82.2 Å². The number of amides is 2. The highest BCUT2D eigenvalue weighted by Gasteiger charge is 2.25. The Balaban J connectivity index is 1.41. The van der Waals surface area contributed by atoms with Crippen LogP contribution in [0, 0.1) is 0 Å². The van der Waals surface area contributed by atoms with Gasteiger partial charge >= 0.3 is 6.03 Å². The predicted octanol–water partition coefficient (Wildman–Crippen LogP) is 2.36. The second-order valence-corrected chi connectivity index (χ2v) is 7.54. The molecule has 1 aliphatic rings. The first-order valence-electron chi connectivity index (χ1n) is 10.9. The number of ether oxygens (including phenoxy) is 1. The average molecular weight is 462 g/mol. The van der Waals surface area contributed by atoms with Crippen LogP contribution in [0.15, 0.2) is 55.9 Å². The number of fused-ring (bicyclic) bond motifs is 1. The van der Waals surface area contributed by atoms with Gasteiger partial charge in [-0.05, 0) is 12.1 Å². The monoisotopic (exact) mass is 461 g/mol. The van der Waals surface area contributed by atoms with Gasteiger partial charge in [-0.2, -0.15) is 4.98 Å². The van der Waals surface area contributed by atoms with E-state index in [2.05, 4.69) is 43.4 Å². The summed E-state index contributed by atoms with van der Waals surface area (Å²) >= 11 is 0. The lowest BCUT2D eigenvalue weighted by Gasteiger charge is -2.34. The maximum absolute atomic E-state index is 12.9. The molecule has 1 fully saturated rings. The fourth-order valence-corrected chi connectivity index (χ4v) is 3.63. The minimum Gasteiger partial charge on any atom is -0.478 e. The van der Waals surface area contributed by atoms with Crippen molar-refractivity contribution in [3.8, 4) is 5.88 Å². The Bertz CT molecular complexity index is 1170. The molecule has 1 saturated heterocycles. The number of methoxy groups -OCH3 is 1. The summed E-state index contributed by atoms with van der Waals surface area (Å²) in [5, 5.41) is 2.83. The summed E-state index contributed by atoms with van der Waals surface area (Å²) in [6.07, 6.45) is 5.08. The highest BCUT2D eigenvalue weighted by atomic mass is 16.5. The van der Waals surface area contributed by atoms with E-state index in [1.165, 1.54) is 13.4 Å².